The van der Waals surface area contributed by atoms with E-state index in [9.17, 15) is 8.78 Å². The highest BCUT2D eigenvalue weighted by Gasteiger charge is 2.26. The molecule has 6 rings (SSSR count). The minimum atomic E-state index is -2.89. The molecule has 15 heteroatoms. The second-order valence-corrected chi connectivity index (χ2v) is 9.96. The number of fused-ring (bicyclic) bond motifs is 1. The molecule has 4 aromatic rings. The van der Waals surface area contributed by atoms with Crippen molar-refractivity contribution in [1.82, 2.24) is 34.4 Å². The van der Waals surface area contributed by atoms with Crippen LogP contribution in [-0.2, 0) is 9.47 Å². The van der Waals surface area contributed by atoms with Crippen LogP contribution in [0, 0.1) is 0 Å². The highest BCUT2D eigenvalue weighted by Crippen LogP contribution is 2.32. The fourth-order valence-corrected chi connectivity index (χ4v) is 4.99. The van der Waals surface area contributed by atoms with Crippen molar-refractivity contribution >= 4 is 28.6 Å². The van der Waals surface area contributed by atoms with Crippen LogP contribution in [0.15, 0.2) is 36.5 Å². The van der Waals surface area contributed by atoms with E-state index in [1.165, 1.54) is 11.7 Å². The zero-order chi connectivity index (χ0) is 29.6. The molecule has 0 bridgehead atoms. The van der Waals surface area contributed by atoms with Gasteiger partial charge in [0, 0.05) is 38.8 Å². The molecule has 13 nitrogen and oxygen atoms in total. The topological polar surface area (TPSA) is 125 Å². The molecule has 2 aliphatic rings. The number of benzene rings is 1. The van der Waals surface area contributed by atoms with Gasteiger partial charge in [0.15, 0.2) is 5.82 Å². The van der Waals surface area contributed by atoms with Crippen LogP contribution >= 0.6 is 0 Å². The van der Waals surface area contributed by atoms with Crippen LogP contribution in [0.1, 0.15) is 18.7 Å². The van der Waals surface area contributed by atoms with E-state index in [1.54, 1.807) is 36.5 Å². The number of rotatable bonds is 11. The first-order valence-corrected chi connectivity index (χ1v) is 14.2. The third-order valence-electron chi connectivity index (χ3n) is 7.16. The average Bonchev–Trinajstić information content (AvgIpc) is 3.45. The van der Waals surface area contributed by atoms with Crippen LogP contribution in [0.4, 0.5) is 26.4 Å². The number of hydrogen-bond donors (Lipinski definition) is 1. The molecule has 2 aliphatic heterocycles. The summed E-state index contributed by atoms with van der Waals surface area (Å²) >= 11 is 0. The van der Waals surface area contributed by atoms with E-state index in [2.05, 4.69) is 35.1 Å². The second-order valence-electron chi connectivity index (χ2n) is 9.96. The van der Waals surface area contributed by atoms with Gasteiger partial charge in [-0.3, -0.25) is 9.47 Å². The van der Waals surface area contributed by atoms with Crippen LogP contribution in [0.25, 0.3) is 17.0 Å². The summed E-state index contributed by atoms with van der Waals surface area (Å²) in [5.41, 5.74) is 1.27. The number of nitrogens with zero attached hydrogens (tertiary/aromatic N) is 8. The maximum Gasteiger partial charge on any atom is 0.296 e. The van der Waals surface area contributed by atoms with Crippen LogP contribution < -0.4 is 19.7 Å². The summed E-state index contributed by atoms with van der Waals surface area (Å²) in [4.78, 5) is 26.6. The standard InChI is InChI=1S/C28H33F2N9O4/c1-40-21-5-2-4-20-23(21)33-25(24(29)30)39(20)28-35-26(34-27(36-28)38-11-16-42-17-12-38)32-19-6-7-22(31-18-19)43-13-3-8-37-9-14-41-15-10-37/h2,4-7,18,24H,3,8-17H2,1H3,(H,32,34,35,36). The van der Waals surface area contributed by atoms with Gasteiger partial charge < -0.3 is 29.2 Å². The Hall–Kier alpha value is -4.21. The molecule has 2 fully saturated rings. The Labute approximate surface area is 246 Å². The monoisotopic (exact) mass is 597 g/mol. The van der Waals surface area contributed by atoms with Gasteiger partial charge in [0.2, 0.25) is 23.7 Å². The third kappa shape index (κ3) is 6.73. The molecule has 1 aromatic carbocycles. The molecule has 0 spiro atoms. The summed E-state index contributed by atoms with van der Waals surface area (Å²) in [5, 5.41) is 3.14. The lowest BCUT2D eigenvalue weighted by Crippen LogP contribution is -2.37. The molecule has 0 unspecified atom stereocenters. The van der Waals surface area contributed by atoms with Gasteiger partial charge in [0.05, 0.1) is 57.5 Å². The van der Waals surface area contributed by atoms with Gasteiger partial charge in [0.25, 0.3) is 6.43 Å². The minimum Gasteiger partial charge on any atom is -0.494 e. The lowest BCUT2D eigenvalue weighted by atomic mass is 10.3. The van der Waals surface area contributed by atoms with Gasteiger partial charge in [0.1, 0.15) is 11.3 Å². The Morgan fingerprint density at radius 2 is 1.70 bits per heavy atom. The van der Waals surface area contributed by atoms with Crippen molar-refractivity contribution < 1.29 is 27.7 Å². The third-order valence-corrected chi connectivity index (χ3v) is 7.16. The number of pyridine rings is 1. The molecule has 0 saturated carbocycles. The Morgan fingerprint density at radius 1 is 0.930 bits per heavy atom. The maximum absolute atomic E-state index is 14.3. The van der Waals surface area contributed by atoms with E-state index in [4.69, 9.17) is 18.9 Å². The van der Waals surface area contributed by atoms with Crippen molar-refractivity contribution in [3.05, 3.63) is 42.4 Å². The summed E-state index contributed by atoms with van der Waals surface area (Å²) in [6, 6.07) is 8.59. The predicted molar refractivity (Wildman–Crippen MR) is 154 cm³/mol. The fourth-order valence-electron chi connectivity index (χ4n) is 4.99. The fraction of sp³-hybridized carbons (Fsp3) is 0.464. The molecule has 228 valence electrons. The molecule has 3 aromatic heterocycles. The Balaban J connectivity index is 1.25. The van der Waals surface area contributed by atoms with Gasteiger partial charge in [-0.15, -0.1) is 0 Å². The number of hydrogen-bond acceptors (Lipinski definition) is 12. The van der Waals surface area contributed by atoms with Crippen molar-refractivity contribution in [1.29, 1.82) is 0 Å². The summed E-state index contributed by atoms with van der Waals surface area (Å²) < 4.78 is 51.8. The lowest BCUT2D eigenvalue weighted by molar-refractivity contribution is 0.0357. The summed E-state index contributed by atoms with van der Waals surface area (Å²) in [6.45, 7) is 7.01. The predicted octanol–water partition coefficient (Wildman–Crippen LogP) is 3.23. The summed E-state index contributed by atoms with van der Waals surface area (Å²) in [6.07, 6.45) is -0.394. The average molecular weight is 598 g/mol. The van der Waals surface area contributed by atoms with Gasteiger partial charge >= 0.3 is 0 Å². The van der Waals surface area contributed by atoms with E-state index in [1.807, 2.05) is 4.90 Å². The number of anilines is 3. The number of methoxy groups -OCH3 is 1. The van der Waals surface area contributed by atoms with E-state index < -0.39 is 12.2 Å². The number of nitrogens with one attached hydrogen (secondary N) is 1. The molecule has 0 amide bonds. The summed E-state index contributed by atoms with van der Waals surface area (Å²) in [7, 11) is 1.47. The second kappa shape index (κ2) is 13.4. The van der Waals surface area contributed by atoms with Gasteiger partial charge in [-0.25, -0.2) is 18.7 Å². The lowest BCUT2D eigenvalue weighted by Gasteiger charge is -2.27. The van der Waals surface area contributed by atoms with Crippen LogP contribution in [0.3, 0.4) is 0 Å². The van der Waals surface area contributed by atoms with E-state index in [-0.39, 0.29) is 17.4 Å². The first-order chi connectivity index (χ1) is 21.1. The highest BCUT2D eigenvalue weighted by atomic mass is 19.3. The molecule has 0 radical (unpaired) electrons. The molecular weight excluding hydrogens is 564 g/mol. The largest absolute Gasteiger partial charge is 0.494 e. The molecule has 43 heavy (non-hydrogen) atoms. The molecule has 1 N–H and O–H groups in total. The van der Waals surface area contributed by atoms with Crippen LogP contribution in [0.2, 0.25) is 0 Å². The Morgan fingerprint density at radius 3 is 2.42 bits per heavy atom. The molecule has 0 atom stereocenters. The first-order valence-electron chi connectivity index (χ1n) is 14.2. The maximum atomic E-state index is 14.3. The Kier molecular flexibility index (Phi) is 9.00. The van der Waals surface area contributed by atoms with Crippen molar-refractivity contribution in [2.24, 2.45) is 0 Å². The van der Waals surface area contributed by atoms with Crippen molar-refractivity contribution in [3.8, 4) is 17.6 Å². The van der Waals surface area contributed by atoms with Crippen molar-refractivity contribution in [2.75, 3.05) is 83.1 Å². The molecule has 2 saturated heterocycles. The number of halogens is 2. The van der Waals surface area contributed by atoms with Crippen molar-refractivity contribution in [2.45, 2.75) is 12.8 Å². The van der Waals surface area contributed by atoms with E-state index in [0.717, 1.165) is 39.3 Å². The number of morpholine rings is 2. The van der Waals surface area contributed by atoms with Crippen LogP contribution in [0.5, 0.6) is 11.6 Å². The number of para-hydroxylation sites is 1. The SMILES string of the molecule is COc1cccc2c1nc(C(F)F)n2-c1nc(Nc2ccc(OCCCN3CCOCC3)nc2)nc(N2CCOCC2)n1. The van der Waals surface area contributed by atoms with Crippen molar-refractivity contribution in [3.63, 3.8) is 0 Å². The van der Waals surface area contributed by atoms with Gasteiger partial charge in [-0.05, 0) is 24.6 Å². The first kappa shape index (κ1) is 28.9. The number of aromatic nitrogens is 6. The zero-order valence-corrected chi connectivity index (χ0v) is 23.8. The quantitative estimate of drug-likeness (QED) is 0.255. The van der Waals surface area contributed by atoms with E-state index in [0.29, 0.717) is 61.7 Å². The smallest absolute Gasteiger partial charge is 0.296 e. The summed E-state index contributed by atoms with van der Waals surface area (Å²) in [5.74, 6) is 0.859. The highest BCUT2D eigenvalue weighted by molar-refractivity contribution is 5.84. The number of imidazole rings is 1. The number of alkyl halides is 2. The van der Waals surface area contributed by atoms with E-state index >= 15 is 0 Å². The molecule has 0 aliphatic carbocycles. The Bertz CT molecular complexity index is 1510. The minimum absolute atomic E-state index is 0.00164. The van der Waals surface area contributed by atoms with Crippen LogP contribution in [-0.4, -0.2) is 107 Å². The normalized spacial score (nSPS) is 16.1. The van der Waals surface area contributed by atoms with Gasteiger partial charge in [-0.1, -0.05) is 6.07 Å². The molecule has 5 heterocycles. The molecular formula is C28H33F2N9O4. The van der Waals surface area contributed by atoms with Gasteiger partial charge in [-0.2, -0.15) is 15.0 Å². The zero-order valence-electron chi connectivity index (χ0n) is 23.8. The number of ether oxygens (including phenoxy) is 4.